The van der Waals surface area contributed by atoms with Crippen molar-refractivity contribution in [2.24, 2.45) is 34.5 Å². The molecular formula is C27H30O9. The van der Waals surface area contributed by atoms with Gasteiger partial charge >= 0.3 is 5.97 Å². The van der Waals surface area contributed by atoms with Crippen molar-refractivity contribution in [3.05, 3.63) is 28.8 Å². The maximum Gasteiger partial charge on any atom is 0.338 e. The Kier molecular flexibility index (Phi) is 5.68. The van der Waals surface area contributed by atoms with E-state index in [1.165, 1.54) is 20.1 Å². The second-order valence-corrected chi connectivity index (χ2v) is 11.3. The number of methoxy groups -OCH3 is 1. The number of carbonyl (C=O) groups is 6. The minimum atomic E-state index is -2.75. The van der Waals surface area contributed by atoms with Gasteiger partial charge in [0.1, 0.15) is 17.5 Å². The summed E-state index contributed by atoms with van der Waals surface area (Å²) in [6.45, 7) is 7.64. The molecule has 0 spiro atoms. The lowest BCUT2D eigenvalue weighted by molar-refractivity contribution is -0.205. The van der Waals surface area contributed by atoms with E-state index in [0.717, 1.165) is 13.0 Å². The van der Waals surface area contributed by atoms with E-state index in [-0.39, 0.29) is 29.5 Å². The Balaban J connectivity index is 2.00. The average Bonchev–Trinajstić information content (AvgIpc) is 2.75. The summed E-state index contributed by atoms with van der Waals surface area (Å²) >= 11 is 0. The summed E-state index contributed by atoms with van der Waals surface area (Å²) in [4.78, 5) is 79.7. The molecule has 3 aliphatic carbocycles. The van der Waals surface area contributed by atoms with Crippen LogP contribution in [0.3, 0.4) is 0 Å². The molecule has 1 aromatic rings. The van der Waals surface area contributed by atoms with Gasteiger partial charge in [-0.2, -0.15) is 0 Å². The highest BCUT2D eigenvalue weighted by Gasteiger charge is 2.76. The monoisotopic (exact) mass is 498 g/mol. The largest absolute Gasteiger partial charge is 0.507 e. The first-order valence-corrected chi connectivity index (χ1v) is 11.9. The number of hydrogen-bond acceptors (Lipinski definition) is 9. The van der Waals surface area contributed by atoms with E-state index < -0.39 is 80.7 Å². The van der Waals surface area contributed by atoms with Gasteiger partial charge in [0.05, 0.1) is 24.2 Å². The fourth-order valence-electron chi connectivity index (χ4n) is 7.44. The van der Waals surface area contributed by atoms with Crippen molar-refractivity contribution in [2.75, 3.05) is 7.11 Å². The number of phenols is 1. The molecule has 9 heteroatoms. The molecular weight excluding hydrogens is 468 g/mol. The first kappa shape index (κ1) is 25.9. The molecule has 0 bridgehead atoms. The third kappa shape index (κ3) is 2.98. The SMILES string of the molecule is COC(=O)c1ccc(O)c2c1C[C@]1(C)C[C@]3(C)C(C(C)C)C(=O)C(C(C)=O)C(=O)[C@]3(O)C(=O)C1C2=O. The summed E-state index contributed by atoms with van der Waals surface area (Å²) in [7, 11) is 1.18. The van der Waals surface area contributed by atoms with Gasteiger partial charge in [-0.3, -0.25) is 24.0 Å². The van der Waals surface area contributed by atoms with E-state index in [1.54, 1.807) is 20.8 Å². The lowest BCUT2D eigenvalue weighted by Gasteiger charge is -2.61. The number of phenolic OH excluding ortho intramolecular Hbond substituents is 1. The molecule has 3 unspecified atom stereocenters. The van der Waals surface area contributed by atoms with Crippen molar-refractivity contribution in [1.82, 2.24) is 0 Å². The van der Waals surface area contributed by atoms with Crippen molar-refractivity contribution in [1.29, 1.82) is 0 Å². The van der Waals surface area contributed by atoms with Crippen LogP contribution in [0, 0.1) is 34.5 Å². The zero-order chi connectivity index (χ0) is 27.1. The van der Waals surface area contributed by atoms with Crippen LogP contribution in [0.4, 0.5) is 0 Å². The van der Waals surface area contributed by atoms with Gasteiger partial charge in [-0.1, -0.05) is 27.7 Å². The van der Waals surface area contributed by atoms with Crippen molar-refractivity contribution >= 4 is 34.9 Å². The highest BCUT2D eigenvalue weighted by molar-refractivity contribution is 6.32. The number of aromatic hydroxyl groups is 1. The Morgan fingerprint density at radius 3 is 2.22 bits per heavy atom. The molecule has 9 nitrogen and oxygen atoms in total. The van der Waals surface area contributed by atoms with Gasteiger partial charge in [0.15, 0.2) is 28.7 Å². The maximum absolute atomic E-state index is 14.1. The van der Waals surface area contributed by atoms with Crippen molar-refractivity contribution in [3.63, 3.8) is 0 Å². The molecule has 2 saturated carbocycles. The molecule has 0 aliphatic heterocycles. The summed E-state index contributed by atoms with van der Waals surface area (Å²) in [6, 6.07) is 2.49. The molecule has 1 aromatic carbocycles. The van der Waals surface area contributed by atoms with Crippen LogP contribution in [0.15, 0.2) is 12.1 Å². The van der Waals surface area contributed by atoms with Gasteiger partial charge in [0, 0.05) is 11.3 Å². The number of esters is 1. The smallest absolute Gasteiger partial charge is 0.338 e. The Morgan fingerprint density at radius 2 is 1.69 bits per heavy atom. The molecule has 36 heavy (non-hydrogen) atoms. The van der Waals surface area contributed by atoms with Crippen LogP contribution in [0.25, 0.3) is 0 Å². The van der Waals surface area contributed by atoms with Crippen LogP contribution in [-0.4, -0.2) is 57.8 Å². The molecule has 6 atom stereocenters. The van der Waals surface area contributed by atoms with Crippen LogP contribution in [0.1, 0.15) is 67.3 Å². The third-order valence-electron chi connectivity index (χ3n) is 8.67. The third-order valence-corrected chi connectivity index (χ3v) is 8.67. The molecule has 0 radical (unpaired) electrons. The Hall–Kier alpha value is -3.20. The van der Waals surface area contributed by atoms with Gasteiger partial charge in [0.2, 0.25) is 0 Å². The molecule has 0 amide bonds. The molecule has 0 heterocycles. The molecule has 0 aromatic heterocycles. The van der Waals surface area contributed by atoms with Gasteiger partial charge in [-0.15, -0.1) is 0 Å². The zero-order valence-corrected chi connectivity index (χ0v) is 21.1. The molecule has 0 saturated heterocycles. The van der Waals surface area contributed by atoms with Gasteiger partial charge in [-0.05, 0) is 48.8 Å². The standard InChI is InChI=1S/C27H30O9/c1-11(2)18-20(30)16(12(3)28)22(32)27(35)23(33)19-21(31)17-14(9-25(19,4)10-26(18,27)5)13(24(34)36-6)7-8-15(17)29/h7-8,11,16,18-19,29,35H,9-10H2,1-6H3/t16?,18?,19?,25-,26-,27+/m1/s1. The predicted molar refractivity (Wildman–Crippen MR) is 124 cm³/mol. The second kappa shape index (κ2) is 7.90. The van der Waals surface area contributed by atoms with E-state index in [4.69, 9.17) is 4.74 Å². The molecule has 3 aliphatic rings. The van der Waals surface area contributed by atoms with Crippen molar-refractivity contribution < 1.29 is 43.7 Å². The van der Waals surface area contributed by atoms with Crippen LogP contribution in [0.5, 0.6) is 5.75 Å². The van der Waals surface area contributed by atoms with E-state index >= 15 is 0 Å². The normalized spacial score (nSPS) is 35.7. The predicted octanol–water partition coefficient (Wildman–Crippen LogP) is 1.88. The quantitative estimate of drug-likeness (QED) is 0.470. The highest BCUT2D eigenvalue weighted by atomic mass is 16.5. The lowest BCUT2D eigenvalue weighted by atomic mass is 9.40. The van der Waals surface area contributed by atoms with E-state index in [1.807, 2.05) is 0 Å². The average molecular weight is 499 g/mol. The minimum absolute atomic E-state index is 0.0156. The molecule has 2 fully saturated rings. The van der Waals surface area contributed by atoms with E-state index in [9.17, 15) is 39.0 Å². The topological polar surface area (TPSA) is 152 Å². The van der Waals surface area contributed by atoms with Gasteiger partial charge in [0.25, 0.3) is 0 Å². The molecule has 4 rings (SSSR count). The fraction of sp³-hybridized carbons (Fsp3) is 0.556. The second-order valence-electron chi connectivity index (χ2n) is 11.3. The van der Waals surface area contributed by atoms with Crippen LogP contribution >= 0.6 is 0 Å². The fourth-order valence-corrected chi connectivity index (χ4v) is 7.44. The van der Waals surface area contributed by atoms with Crippen LogP contribution in [-0.2, 0) is 30.3 Å². The number of hydrogen-bond donors (Lipinski definition) is 2. The van der Waals surface area contributed by atoms with Crippen molar-refractivity contribution in [3.8, 4) is 5.75 Å². The van der Waals surface area contributed by atoms with Crippen molar-refractivity contribution in [2.45, 2.75) is 53.1 Å². The first-order chi connectivity index (χ1) is 16.6. The number of aliphatic hydroxyl groups is 1. The number of carbonyl (C=O) groups excluding carboxylic acids is 6. The van der Waals surface area contributed by atoms with E-state index in [0.29, 0.717) is 0 Å². The zero-order valence-electron chi connectivity index (χ0n) is 21.1. The van der Waals surface area contributed by atoms with E-state index in [2.05, 4.69) is 0 Å². The molecule has 192 valence electrons. The highest BCUT2D eigenvalue weighted by Crippen LogP contribution is 2.63. The lowest BCUT2D eigenvalue weighted by Crippen LogP contribution is -2.76. The van der Waals surface area contributed by atoms with Crippen LogP contribution < -0.4 is 0 Å². The Bertz CT molecular complexity index is 1260. The number of rotatable bonds is 3. The van der Waals surface area contributed by atoms with Crippen LogP contribution in [0.2, 0.25) is 0 Å². The summed E-state index contributed by atoms with van der Waals surface area (Å²) in [6.07, 6.45) is -0.0996. The Morgan fingerprint density at radius 1 is 1.08 bits per heavy atom. The number of ether oxygens (including phenoxy) is 1. The van der Waals surface area contributed by atoms with Gasteiger partial charge in [-0.25, -0.2) is 4.79 Å². The van der Waals surface area contributed by atoms with Gasteiger partial charge < -0.3 is 14.9 Å². The summed E-state index contributed by atoms with van der Waals surface area (Å²) < 4.78 is 4.84. The Labute approximate surface area is 208 Å². The first-order valence-electron chi connectivity index (χ1n) is 11.9. The summed E-state index contributed by atoms with van der Waals surface area (Å²) in [5, 5.41) is 22.4. The minimum Gasteiger partial charge on any atom is -0.507 e. The number of fused-ring (bicyclic) bond motifs is 3. The number of benzene rings is 1. The summed E-state index contributed by atoms with van der Waals surface area (Å²) in [5.74, 6) is -10.4. The number of Topliss-reactive ketones (excluding diaryl/α,β-unsaturated/α-hetero) is 5. The maximum atomic E-state index is 14.1. The number of ketones is 5. The molecule has 2 N–H and O–H groups in total. The summed E-state index contributed by atoms with van der Waals surface area (Å²) in [5.41, 5.74) is -5.52.